The van der Waals surface area contributed by atoms with E-state index in [1.54, 1.807) is 0 Å². The molecule has 2 N–H and O–H groups in total. The van der Waals surface area contributed by atoms with E-state index in [1.165, 1.54) is 22.5 Å². The molecular weight excluding hydrogens is 255 g/mol. The van der Waals surface area contributed by atoms with Gasteiger partial charge in [-0.2, -0.15) is 4.31 Å². The molecule has 18 heavy (non-hydrogen) atoms. The van der Waals surface area contributed by atoms with E-state index in [0.29, 0.717) is 0 Å². The van der Waals surface area contributed by atoms with Crippen molar-refractivity contribution >= 4 is 15.7 Å². The summed E-state index contributed by atoms with van der Waals surface area (Å²) in [6.45, 7) is 7.28. The van der Waals surface area contributed by atoms with Gasteiger partial charge in [-0.05, 0) is 18.2 Å². The lowest BCUT2D eigenvalue weighted by Crippen LogP contribution is -2.31. The Hall–Kier alpha value is -1.66. The van der Waals surface area contributed by atoms with Gasteiger partial charge in [0, 0.05) is 13.1 Å². The summed E-state index contributed by atoms with van der Waals surface area (Å²) in [7, 11) is -3.72. The van der Waals surface area contributed by atoms with E-state index in [1.807, 2.05) is 0 Å². The number of sulfonamides is 1. The van der Waals surface area contributed by atoms with Crippen molar-refractivity contribution in [2.75, 3.05) is 18.8 Å². The van der Waals surface area contributed by atoms with Gasteiger partial charge in [0.15, 0.2) is 0 Å². The van der Waals surface area contributed by atoms with Gasteiger partial charge in [0.1, 0.15) is 5.82 Å². The second-order valence-corrected chi connectivity index (χ2v) is 5.52. The zero-order valence-corrected chi connectivity index (χ0v) is 10.7. The maximum Gasteiger partial charge on any atom is 0.243 e. The summed E-state index contributed by atoms with van der Waals surface area (Å²) in [6.07, 6.45) is 2.93. The van der Waals surface area contributed by atoms with Crippen LogP contribution in [0.3, 0.4) is 0 Å². The molecule has 0 radical (unpaired) electrons. The minimum absolute atomic E-state index is 0.0508. The maximum absolute atomic E-state index is 13.0. The van der Waals surface area contributed by atoms with Gasteiger partial charge < -0.3 is 5.73 Å². The normalized spacial score (nSPS) is 11.4. The number of hydrogen-bond acceptors (Lipinski definition) is 3. The minimum atomic E-state index is -3.72. The number of nitrogens with zero attached hydrogens (tertiary/aromatic N) is 1. The Morgan fingerprint density at radius 2 is 1.83 bits per heavy atom. The molecule has 0 aliphatic rings. The zero-order valence-electron chi connectivity index (χ0n) is 9.84. The first-order valence-electron chi connectivity index (χ1n) is 5.20. The quantitative estimate of drug-likeness (QED) is 0.633. The summed E-state index contributed by atoms with van der Waals surface area (Å²) in [5.41, 5.74) is 5.17. The molecule has 0 saturated heterocycles. The Labute approximate surface area is 106 Å². The molecule has 0 saturated carbocycles. The molecule has 1 aromatic carbocycles. The van der Waals surface area contributed by atoms with Gasteiger partial charge in [-0.3, -0.25) is 0 Å². The van der Waals surface area contributed by atoms with Crippen LogP contribution in [-0.2, 0) is 10.0 Å². The summed E-state index contributed by atoms with van der Waals surface area (Å²) in [4.78, 5) is -0.0508. The van der Waals surface area contributed by atoms with Crippen molar-refractivity contribution in [3.05, 3.63) is 49.3 Å². The van der Waals surface area contributed by atoms with Crippen LogP contribution in [-0.4, -0.2) is 25.8 Å². The highest BCUT2D eigenvalue weighted by atomic mass is 32.2. The van der Waals surface area contributed by atoms with Crippen molar-refractivity contribution in [1.82, 2.24) is 4.31 Å². The minimum Gasteiger partial charge on any atom is -0.396 e. The first-order chi connectivity index (χ1) is 8.43. The Balaban J connectivity index is 3.21. The maximum atomic E-state index is 13.0. The Bertz CT molecular complexity index is 545. The highest BCUT2D eigenvalue weighted by molar-refractivity contribution is 7.89. The molecule has 0 bridgehead atoms. The van der Waals surface area contributed by atoms with Crippen LogP contribution in [0.15, 0.2) is 48.4 Å². The van der Waals surface area contributed by atoms with Crippen LogP contribution in [0.2, 0.25) is 0 Å². The summed E-state index contributed by atoms with van der Waals surface area (Å²) < 4.78 is 38.6. The molecule has 0 heterocycles. The number of hydrogen-bond donors (Lipinski definition) is 1. The average molecular weight is 270 g/mol. The standard InChI is InChI=1S/C12H15FN2O2S/c1-3-7-15(8-4-2)18(16,17)10-5-6-11(13)12(14)9-10/h3-6,9H,1-2,7-8,14H2. The highest BCUT2D eigenvalue weighted by Crippen LogP contribution is 2.20. The Morgan fingerprint density at radius 3 is 2.28 bits per heavy atom. The molecule has 0 aliphatic heterocycles. The molecule has 0 spiro atoms. The topological polar surface area (TPSA) is 63.4 Å². The van der Waals surface area contributed by atoms with Crippen molar-refractivity contribution in [3.63, 3.8) is 0 Å². The van der Waals surface area contributed by atoms with Crippen molar-refractivity contribution in [3.8, 4) is 0 Å². The Morgan fingerprint density at radius 1 is 1.28 bits per heavy atom. The lowest BCUT2D eigenvalue weighted by Gasteiger charge is -2.19. The first kappa shape index (κ1) is 14.4. The molecule has 0 aromatic heterocycles. The molecule has 0 amide bonds. The number of rotatable bonds is 6. The van der Waals surface area contributed by atoms with E-state index in [9.17, 15) is 12.8 Å². The van der Waals surface area contributed by atoms with E-state index in [0.717, 1.165) is 12.1 Å². The van der Waals surface area contributed by atoms with Gasteiger partial charge in [0.25, 0.3) is 0 Å². The van der Waals surface area contributed by atoms with Crippen molar-refractivity contribution < 1.29 is 12.8 Å². The van der Waals surface area contributed by atoms with Crippen LogP contribution >= 0.6 is 0 Å². The van der Waals surface area contributed by atoms with E-state index in [-0.39, 0.29) is 23.7 Å². The predicted octanol–water partition coefficient (Wildman–Crippen LogP) is 1.77. The number of halogens is 1. The van der Waals surface area contributed by atoms with Crippen LogP contribution in [0.5, 0.6) is 0 Å². The monoisotopic (exact) mass is 270 g/mol. The van der Waals surface area contributed by atoms with Gasteiger partial charge in [-0.15, -0.1) is 13.2 Å². The fourth-order valence-electron chi connectivity index (χ4n) is 1.39. The lowest BCUT2D eigenvalue weighted by atomic mass is 10.3. The molecule has 0 fully saturated rings. The third kappa shape index (κ3) is 2.96. The average Bonchev–Trinajstić information content (AvgIpc) is 2.32. The number of nitrogens with two attached hydrogens (primary N) is 1. The number of benzene rings is 1. The zero-order chi connectivity index (χ0) is 13.8. The van der Waals surface area contributed by atoms with Crippen LogP contribution < -0.4 is 5.73 Å². The molecule has 0 aliphatic carbocycles. The van der Waals surface area contributed by atoms with Crippen LogP contribution in [0, 0.1) is 5.82 Å². The lowest BCUT2D eigenvalue weighted by molar-refractivity contribution is 0.474. The van der Waals surface area contributed by atoms with Gasteiger partial charge in [-0.1, -0.05) is 12.2 Å². The van der Waals surface area contributed by atoms with Crippen LogP contribution in [0.1, 0.15) is 0 Å². The number of anilines is 1. The molecular formula is C12H15FN2O2S. The van der Waals surface area contributed by atoms with Crippen LogP contribution in [0.25, 0.3) is 0 Å². The van der Waals surface area contributed by atoms with Crippen LogP contribution in [0.4, 0.5) is 10.1 Å². The smallest absolute Gasteiger partial charge is 0.243 e. The summed E-state index contributed by atoms with van der Waals surface area (Å²) >= 11 is 0. The van der Waals surface area contributed by atoms with E-state index in [4.69, 9.17) is 5.73 Å². The molecule has 1 aromatic rings. The van der Waals surface area contributed by atoms with E-state index in [2.05, 4.69) is 13.2 Å². The fraction of sp³-hybridized carbons (Fsp3) is 0.167. The summed E-state index contributed by atoms with van der Waals surface area (Å²) in [6, 6.07) is 3.31. The fourth-order valence-corrected chi connectivity index (χ4v) is 2.81. The molecule has 1 rings (SSSR count). The molecule has 98 valence electrons. The molecule has 0 unspecified atom stereocenters. The third-order valence-electron chi connectivity index (χ3n) is 2.27. The SMILES string of the molecule is C=CCN(CC=C)S(=O)(=O)c1ccc(F)c(N)c1. The summed E-state index contributed by atoms with van der Waals surface area (Å²) in [5, 5.41) is 0. The number of nitrogen functional groups attached to an aromatic ring is 1. The van der Waals surface area contributed by atoms with Gasteiger partial charge in [-0.25, -0.2) is 12.8 Å². The van der Waals surface area contributed by atoms with Crippen molar-refractivity contribution in [1.29, 1.82) is 0 Å². The molecule has 6 heteroatoms. The second kappa shape index (κ2) is 5.79. The van der Waals surface area contributed by atoms with E-state index >= 15 is 0 Å². The van der Waals surface area contributed by atoms with Crippen molar-refractivity contribution in [2.45, 2.75) is 4.90 Å². The summed E-state index contributed by atoms with van der Waals surface area (Å²) in [5.74, 6) is -0.645. The van der Waals surface area contributed by atoms with Gasteiger partial charge in [0.2, 0.25) is 10.0 Å². The van der Waals surface area contributed by atoms with Crippen molar-refractivity contribution in [2.24, 2.45) is 0 Å². The van der Waals surface area contributed by atoms with E-state index < -0.39 is 15.8 Å². The largest absolute Gasteiger partial charge is 0.396 e. The predicted molar refractivity (Wildman–Crippen MR) is 70.0 cm³/mol. The molecule has 4 nitrogen and oxygen atoms in total. The molecule has 0 atom stereocenters. The highest BCUT2D eigenvalue weighted by Gasteiger charge is 2.23. The van der Waals surface area contributed by atoms with Gasteiger partial charge in [0.05, 0.1) is 10.6 Å². The Kier molecular flexibility index (Phi) is 4.63. The van der Waals surface area contributed by atoms with Gasteiger partial charge >= 0.3 is 0 Å². The third-order valence-corrected chi connectivity index (χ3v) is 4.10. The first-order valence-corrected chi connectivity index (χ1v) is 6.64. The second-order valence-electron chi connectivity index (χ2n) is 3.58.